The molecule has 4 heterocycles. The fourth-order valence-corrected chi connectivity index (χ4v) is 7.51. The normalized spacial score (nSPS) is 10.9. The molecule has 6 heteroatoms. The molecule has 0 spiro atoms. The Kier molecular flexibility index (Phi) is 10.0. The van der Waals surface area contributed by atoms with E-state index >= 15 is 0 Å². The van der Waals surface area contributed by atoms with Crippen molar-refractivity contribution in [3.8, 4) is 44.5 Å². The maximum Gasteiger partial charge on any atom is 0.0511 e. The minimum Gasteiger partial charge on any atom is -0.310 e. The zero-order chi connectivity index (χ0) is 39.3. The van der Waals surface area contributed by atoms with E-state index < -0.39 is 0 Å². The molecule has 0 aliphatic carbocycles. The second-order valence-electron chi connectivity index (χ2n) is 14.3. The van der Waals surface area contributed by atoms with Crippen LogP contribution in [0.2, 0.25) is 0 Å². The third-order valence-electron chi connectivity index (χ3n) is 10.5. The minimum absolute atomic E-state index is 1.05. The van der Waals surface area contributed by atoms with Crippen molar-refractivity contribution in [1.29, 1.82) is 0 Å². The Hall–Kier alpha value is -7.70. The minimum atomic E-state index is 1.05. The van der Waals surface area contributed by atoms with Gasteiger partial charge in [0, 0.05) is 72.3 Å². The van der Waals surface area contributed by atoms with Crippen molar-refractivity contribution in [3.05, 3.63) is 218 Å². The molecule has 0 atom stereocenters. The molecule has 0 radical (unpaired) electrons. The Balaban J connectivity index is 1.18. The van der Waals surface area contributed by atoms with Gasteiger partial charge in [-0.25, -0.2) is 0 Å². The summed E-state index contributed by atoms with van der Waals surface area (Å²) in [6.07, 6.45) is 14.8. The SMILES string of the molecule is Cc1cc(C)c(N(c2ccc(-c3cccnc3)cc2)c2ccc(-c3cccnc3)cc2)cc1N(c1ccc(-c2cccnc2)cc1)c1ccc(-c2cccnc2)cc1. The van der Waals surface area contributed by atoms with Gasteiger partial charge in [0.05, 0.1) is 11.4 Å². The van der Waals surface area contributed by atoms with Crippen LogP contribution in [0.25, 0.3) is 44.5 Å². The van der Waals surface area contributed by atoms with E-state index in [-0.39, 0.29) is 0 Å². The van der Waals surface area contributed by atoms with E-state index in [2.05, 4.69) is 177 Å². The molecule has 0 aliphatic heterocycles. The van der Waals surface area contributed by atoms with Gasteiger partial charge in [-0.15, -0.1) is 0 Å². The molecule has 4 aromatic heterocycles. The number of rotatable bonds is 10. The Morgan fingerprint density at radius 2 is 0.552 bits per heavy atom. The molecule has 0 N–H and O–H groups in total. The van der Waals surface area contributed by atoms with Crippen LogP contribution >= 0.6 is 0 Å². The third-order valence-corrected chi connectivity index (χ3v) is 10.5. The number of benzene rings is 5. The lowest BCUT2D eigenvalue weighted by Crippen LogP contribution is -2.15. The first kappa shape index (κ1) is 36.0. The van der Waals surface area contributed by atoms with Gasteiger partial charge < -0.3 is 9.80 Å². The lowest BCUT2D eigenvalue weighted by atomic mass is 10.0. The molecule has 278 valence electrons. The molecule has 0 amide bonds. The van der Waals surface area contributed by atoms with E-state index in [1.54, 1.807) is 24.8 Å². The van der Waals surface area contributed by atoms with Crippen LogP contribution in [0.5, 0.6) is 0 Å². The molecule has 0 bridgehead atoms. The summed E-state index contributed by atoms with van der Waals surface area (Å²) in [6, 6.07) is 55.9. The van der Waals surface area contributed by atoms with E-state index in [9.17, 15) is 0 Å². The van der Waals surface area contributed by atoms with Crippen LogP contribution in [0, 0.1) is 13.8 Å². The number of hydrogen-bond donors (Lipinski definition) is 0. The zero-order valence-corrected chi connectivity index (χ0v) is 32.3. The quantitative estimate of drug-likeness (QED) is 0.139. The molecule has 0 fully saturated rings. The van der Waals surface area contributed by atoms with Crippen LogP contribution in [0.4, 0.5) is 34.1 Å². The van der Waals surface area contributed by atoms with Gasteiger partial charge in [0.2, 0.25) is 0 Å². The predicted molar refractivity (Wildman–Crippen MR) is 238 cm³/mol. The first-order valence-electron chi connectivity index (χ1n) is 19.3. The lowest BCUT2D eigenvalue weighted by molar-refractivity contribution is 1.20. The summed E-state index contributed by atoms with van der Waals surface area (Å²) in [5.41, 5.74) is 17.4. The van der Waals surface area contributed by atoms with Gasteiger partial charge in [0.25, 0.3) is 0 Å². The van der Waals surface area contributed by atoms with E-state index in [0.717, 1.165) is 89.8 Å². The van der Waals surface area contributed by atoms with Gasteiger partial charge in [-0.05, 0) is 148 Å². The van der Waals surface area contributed by atoms with E-state index in [4.69, 9.17) is 0 Å². The molecule has 0 saturated carbocycles. The van der Waals surface area contributed by atoms with Crippen molar-refractivity contribution < 1.29 is 0 Å². The van der Waals surface area contributed by atoms with E-state index in [1.165, 1.54) is 0 Å². The standard InChI is InChI=1S/C52H40N6/c1-37-31-38(2)52(58(49-23-15-41(16-24-49)45-9-5-29-55-35-45)50-25-17-42(18-26-50)46-10-6-30-56-36-46)32-51(37)57(47-19-11-39(12-20-47)43-7-3-27-53-33-43)48-21-13-40(14-22-48)44-8-4-28-54-34-44/h3-36H,1-2H3. The summed E-state index contributed by atoms with van der Waals surface area (Å²) in [5.74, 6) is 0. The van der Waals surface area contributed by atoms with Crippen molar-refractivity contribution in [1.82, 2.24) is 19.9 Å². The zero-order valence-electron chi connectivity index (χ0n) is 32.3. The Morgan fingerprint density at radius 3 is 0.776 bits per heavy atom. The number of hydrogen-bond acceptors (Lipinski definition) is 6. The maximum absolute atomic E-state index is 4.36. The monoisotopic (exact) mass is 748 g/mol. The molecule has 9 rings (SSSR count). The third kappa shape index (κ3) is 7.47. The predicted octanol–water partition coefficient (Wildman–Crippen LogP) is 13.5. The highest BCUT2D eigenvalue weighted by Gasteiger charge is 2.22. The maximum atomic E-state index is 4.36. The summed E-state index contributed by atoms with van der Waals surface area (Å²) in [6.45, 7) is 4.39. The van der Waals surface area contributed by atoms with Crippen molar-refractivity contribution in [3.63, 3.8) is 0 Å². The molecular weight excluding hydrogens is 709 g/mol. The van der Waals surface area contributed by atoms with Crippen LogP contribution in [-0.2, 0) is 0 Å². The van der Waals surface area contributed by atoms with Gasteiger partial charge >= 0.3 is 0 Å². The number of aryl methyl sites for hydroxylation is 2. The number of anilines is 6. The van der Waals surface area contributed by atoms with Crippen LogP contribution in [-0.4, -0.2) is 19.9 Å². The molecule has 5 aromatic carbocycles. The van der Waals surface area contributed by atoms with Gasteiger partial charge in [0.1, 0.15) is 0 Å². The van der Waals surface area contributed by atoms with Crippen molar-refractivity contribution in [2.24, 2.45) is 0 Å². The molecule has 6 nitrogen and oxygen atoms in total. The van der Waals surface area contributed by atoms with Gasteiger partial charge in [-0.1, -0.05) is 78.9 Å². The van der Waals surface area contributed by atoms with Crippen molar-refractivity contribution in [2.75, 3.05) is 9.80 Å². The molecule has 58 heavy (non-hydrogen) atoms. The molecule has 0 aliphatic rings. The lowest BCUT2D eigenvalue weighted by Gasteiger charge is -2.32. The number of nitrogens with zero attached hydrogens (tertiary/aromatic N) is 6. The summed E-state index contributed by atoms with van der Waals surface area (Å²) < 4.78 is 0. The first-order chi connectivity index (χ1) is 28.6. The summed E-state index contributed by atoms with van der Waals surface area (Å²) >= 11 is 0. The van der Waals surface area contributed by atoms with Crippen LogP contribution in [0.15, 0.2) is 207 Å². The van der Waals surface area contributed by atoms with Crippen molar-refractivity contribution in [2.45, 2.75) is 13.8 Å². The van der Waals surface area contributed by atoms with Crippen LogP contribution in [0.3, 0.4) is 0 Å². The highest BCUT2D eigenvalue weighted by molar-refractivity contribution is 5.87. The summed E-state index contributed by atoms with van der Waals surface area (Å²) in [5, 5.41) is 0. The Morgan fingerprint density at radius 1 is 0.293 bits per heavy atom. The Labute approximate surface area is 339 Å². The largest absolute Gasteiger partial charge is 0.310 e. The highest BCUT2D eigenvalue weighted by Crippen LogP contribution is 2.45. The second kappa shape index (κ2) is 16.2. The average molecular weight is 749 g/mol. The number of aromatic nitrogens is 4. The van der Waals surface area contributed by atoms with Gasteiger partial charge in [0.15, 0.2) is 0 Å². The molecule has 0 unspecified atom stereocenters. The first-order valence-corrected chi connectivity index (χ1v) is 19.3. The fraction of sp³-hybridized carbons (Fsp3) is 0.0385. The summed E-state index contributed by atoms with van der Waals surface area (Å²) in [4.78, 5) is 22.1. The Bertz CT molecular complexity index is 2380. The molecule has 0 saturated heterocycles. The second-order valence-corrected chi connectivity index (χ2v) is 14.3. The van der Waals surface area contributed by atoms with E-state index in [0.29, 0.717) is 0 Å². The smallest absolute Gasteiger partial charge is 0.0511 e. The van der Waals surface area contributed by atoms with Gasteiger partial charge in [-0.3, -0.25) is 19.9 Å². The van der Waals surface area contributed by atoms with Crippen LogP contribution in [0.1, 0.15) is 11.1 Å². The van der Waals surface area contributed by atoms with Gasteiger partial charge in [-0.2, -0.15) is 0 Å². The fourth-order valence-electron chi connectivity index (χ4n) is 7.51. The van der Waals surface area contributed by atoms with Crippen molar-refractivity contribution >= 4 is 34.1 Å². The summed E-state index contributed by atoms with van der Waals surface area (Å²) in [7, 11) is 0. The average Bonchev–Trinajstić information content (AvgIpc) is 3.30. The molecular formula is C52H40N6. The number of pyridine rings is 4. The molecule has 9 aromatic rings. The van der Waals surface area contributed by atoms with E-state index in [1.807, 2.05) is 49.1 Å². The topological polar surface area (TPSA) is 58.0 Å². The van der Waals surface area contributed by atoms with Crippen LogP contribution < -0.4 is 9.80 Å². The highest BCUT2D eigenvalue weighted by atomic mass is 15.2.